The van der Waals surface area contributed by atoms with Crippen LogP contribution in [0.2, 0.25) is 0 Å². The average Bonchev–Trinajstić information content (AvgIpc) is 2.39. The predicted molar refractivity (Wildman–Crippen MR) is 69.3 cm³/mol. The predicted octanol–water partition coefficient (Wildman–Crippen LogP) is 1.33. The molecule has 0 aliphatic heterocycles. The molecular weight excluding hydrogens is 256 g/mol. The summed E-state index contributed by atoms with van der Waals surface area (Å²) in [5.41, 5.74) is 3.28. The van der Waals surface area contributed by atoms with Crippen molar-refractivity contribution in [3.63, 3.8) is 0 Å². The Morgan fingerprint density at radius 3 is 2.58 bits per heavy atom. The van der Waals surface area contributed by atoms with Gasteiger partial charge in [-0.15, -0.1) is 0 Å². The number of hydrogen-bond acceptors (Lipinski definition) is 6. The molecule has 0 aliphatic carbocycles. The van der Waals surface area contributed by atoms with Crippen molar-refractivity contribution in [1.82, 2.24) is 9.97 Å². The van der Waals surface area contributed by atoms with Crippen LogP contribution in [0, 0.1) is 6.92 Å². The first kappa shape index (κ1) is 15.5. The summed E-state index contributed by atoms with van der Waals surface area (Å²) >= 11 is 0. The molecule has 108 valence electrons. The first-order valence-corrected chi connectivity index (χ1v) is 6.02. The molecule has 0 aliphatic rings. The SMILES string of the molecule is CCc1nc(NN)c(C)c(NCCOCC(F)F)n1. The number of nitrogen functional groups attached to an aromatic ring is 1. The van der Waals surface area contributed by atoms with Crippen molar-refractivity contribution in [3.8, 4) is 0 Å². The molecule has 4 N–H and O–H groups in total. The summed E-state index contributed by atoms with van der Waals surface area (Å²) in [6.45, 7) is 3.76. The second kappa shape index (κ2) is 7.80. The minimum atomic E-state index is -2.44. The van der Waals surface area contributed by atoms with Crippen molar-refractivity contribution in [1.29, 1.82) is 0 Å². The van der Waals surface area contributed by atoms with Crippen LogP contribution < -0.4 is 16.6 Å². The number of alkyl halides is 2. The van der Waals surface area contributed by atoms with Gasteiger partial charge in [0.15, 0.2) is 0 Å². The standard InChI is InChI=1S/C11H19F2N5O/c1-3-9-16-10(7(2)11(17-9)18-14)15-4-5-19-6-8(12)13/h8H,3-6,14H2,1-2H3,(H2,15,16,17,18). The number of aromatic nitrogens is 2. The van der Waals surface area contributed by atoms with E-state index in [1.165, 1.54) is 0 Å². The first-order valence-electron chi connectivity index (χ1n) is 6.02. The number of nitrogens with zero attached hydrogens (tertiary/aromatic N) is 2. The van der Waals surface area contributed by atoms with Gasteiger partial charge in [-0.05, 0) is 6.92 Å². The molecule has 0 bridgehead atoms. The highest BCUT2D eigenvalue weighted by molar-refractivity contribution is 5.56. The highest BCUT2D eigenvalue weighted by Crippen LogP contribution is 2.19. The molecule has 0 saturated heterocycles. The lowest BCUT2D eigenvalue weighted by molar-refractivity contribution is 0.0214. The van der Waals surface area contributed by atoms with Gasteiger partial charge in [0.05, 0.1) is 6.61 Å². The van der Waals surface area contributed by atoms with Gasteiger partial charge in [-0.2, -0.15) is 0 Å². The highest BCUT2D eigenvalue weighted by atomic mass is 19.3. The zero-order chi connectivity index (χ0) is 14.3. The van der Waals surface area contributed by atoms with Crippen molar-refractivity contribution < 1.29 is 13.5 Å². The maximum atomic E-state index is 11.9. The molecule has 8 heteroatoms. The normalized spacial score (nSPS) is 10.8. The lowest BCUT2D eigenvalue weighted by Crippen LogP contribution is -2.17. The molecule has 0 saturated carbocycles. The third-order valence-electron chi connectivity index (χ3n) is 2.43. The Balaban J connectivity index is 2.57. The number of anilines is 2. The van der Waals surface area contributed by atoms with E-state index in [4.69, 9.17) is 10.6 Å². The van der Waals surface area contributed by atoms with Crippen LogP contribution >= 0.6 is 0 Å². The fraction of sp³-hybridized carbons (Fsp3) is 0.636. The van der Waals surface area contributed by atoms with Crippen LogP contribution in [0.3, 0.4) is 0 Å². The monoisotopic (exact) mass is 275 g/mol. The van der Waals surface area contributed by atoms with Crippen molar-refractivity contribution in [2.75, 3.05) is 30.5 Å². The molecule has 1 heterocycles. The highest BCUT2D eigenvalue weighted by Gasteiger charge is 2.09. The molecule has 0 amide bonds. The van der Waals surface area contributed by atoms with E-state index < -0.39 is 13.0 Å². The van der Waals surface area contributed by atoms with E-state index in [9.17, 15) is 8.78 Å². The number of nitrogens with two attached hydrogens (primary N) is 1. The summed E-state index contributed by atoms with van der Waals surface area (Å²) in [6.07, 6.45) is -1.77. The lowest BCUT2D eigenvalue weighted by Gasteiger charge is -2.13. The van der Waals surface area contributed by atoms with Crippen LogP contribution in [-0.4, -0.2) is 36.2 Å². The van der Waals surface area contributed by atoms with Crippen molar-refractivity contribution in [2.45, 2.75) is 26.7 Å². The Morgan fingerprint density at radius 2 is 2.00 bits per heavy atom. The summed E-state index contributed by atoms with van der Waals surface area (Å²) in [6, 6.07) is 0. The van der Waals surface area contributed by atoms with E-state index in [1.54, 1.807) is 0 Å². The molecule has 6 nitrogen and oxygen atoms in total. The maximum Gasteiger partial charge on any atom is 0.261 e. The van der Waals surface area contributed by atoms with E-state index in [1.807, 2.05) is 13.8 Å². The molecule has 0 unspecified atom stereocenters. The Labute approximate surface area is 110 Å². The quantitative estimate of drug-likeness (QED) is 0.377. The number of aryl methyl sites for hydroxylation is 1. The van der Waals surface area contributed by atoms with Gasteiger partial charge in [0.2, 0.25) is 0 Å². The fourth-order valence-corrected chi connectivity index (χ4v) is 1.45. The van der Waals surface area contributed by atoms with Crippen molar-refractivity contribution in [3.05, 3.63) is 11.4 Å². The second-order valence-electron chi connectivity index (χ2n) is 3.85. The van der Waals surface area contributed by atoms with E-state index in [0.29, 0.717) is 30.4 Å². The van der Waals surface area contributed by atoms with E-state index in [2.05, 4.69) is 20.7 Å². The number of hydrazine groups is 1. The topological polar surface area (TPSA) is 85.1 Å². The minimum Gasteiger partial charge on any atom is -0.374 e. The fourth-order valence-electron chi connectivity index (χ4n) is 1.45. The van der Waals surface area contributed by atoms with Crippen LogP contribution in [0.4, 0.5) is 20.4 Å². The molecule has 19 heavy (non-hydrogen) atoms. The summed E-state index contributed by atoms with van der Waals surface area (Å²) in [4.78, 5) is 8.53. The summed E-state index contributed by atoms with van der Waals surface area (Å²) < 4.78 is 28.5. The Hall–Kier alpha value is -1.54. The van der Waals surface area contributed by atoms with Crippen LogP contribution in [-0.2, 0) is 11.2 Å². The molecule has 1 aromatic heterocycles. The van der Waals surface area contributed by atoms with Gasteiger partial charge in [0.25, 0.3) is 6.43 Å². The summed E-state index contributed by atoms with van der Waals surface area (Å²) in [5.74, 6) is 7.19. The van der Waals surface area contributed by atoms with Gasteiger partial charge in [0, 0.05) is 18.5 Å². The first-order chi connectivity index (χ1) is 9.08. The molecule has 0 aromatic carbocycles. The van der Waals surface area contributed by atoms with Gasteiger partial charge in [-0.3, -0.25) is 0 Å². The molecule has 1 aromatic rings. The Morgan fingerprint density at radius 1 is 1.32 bits per heavy atom. The van der Waals surface area contributed by atoms with Crippen LogP contribution in [0.5, 0.6) is 0 Å². The molecule has 0 radical (unpaired) electrons. The molecule has 0 spiro atoms. The van der Waals surface area contributed by atoms with E-state index >= 15 is 0 Å². The molecular formula is C11H19F2N5O. The number of hydrogen-bond donors (Lipinski definition) is 3. The minimum absolute atomic E-state index is 0.181. The zero-order valence-electron chi connectivity index (χ0n) is 11.0. The van der Waals surface area contributed by atoms with Gasteiger partial charge < -0.3 is 15.5 Å². The Kier molecular flexibility index (Phi) is 6.37. The number of halogens is 2. The maximum absolute atomic E-state index is 11.9. The second-order valence-corrected chi connectivity index (χ2v) is 3.85. The smallest absolute Gasteiger partial charge is 0.261 e. The molecule has 1 rings (SSSR count). The zero-order valence-corrected chi connectivity index (χ0v) is 11.0. The van der Waals surface area contributed by atoms with Crippen molar-refractivity contribution in [2.24, 2.45) is 5.84 Å². The third kappa shape index (κ3) is 4.92. The number of ether oxygens (including phenoxy) is 1. The molecule has 0 atom stereocenters. The van der Waals surface area contributed by atoms with Gasteiger partial charge in [0.1, 0.15) is 24.1 Å². The van der Waals surface area contributed by atoms with E-state index in [0.717, 1.165) is 5.56 Å². The van der Waals surface area contributed by atoms with Gasteiger partial charge in [-0.25, -0.2) is 24.6 Å². The molecule has 0 fully saturated rings. The Bertz CT molecular complexity index is 403. The van der Waals surface area contributed by atoms with Gasteiger partial charge >= 0.3 is 0 Å². The lowest BCUT2D eigenvalue weighted by atomic mass is 10.3. The van der Waals surface area contributed by atoms with Crippen molar-refractivity contribution >= 4 is 11.6 Å². The summed E-state index contributed by atoms with van der Waals surface area (Å²) in [5, 5.41) is 3.02. The number of nitrogens with one attached hydrogen (secondary N) is 2. The third-order valence-corrected chi connectivity index (χ3v) is 2.43. The van der Waals surface area contributed by atoms with E-state index in [-0.39, 0.29) is 6.61 Å². The summed E-state index contributed by atoms with van der Waals surface area (Å²) in [7, 11) is 0. The van der Waals surface area contributed by atoms with Gasteiger partial charge in [-0.1, -0.05) is 6.92 Å². The van der Waals surface area contributed by atoms with Crippen LogP contribution in [0.15, 0.2) is 0 Å². The number of rotatable bonds is 8. The van der Waals surface area contributed by atoms with Crippen LogP contribution in [0.25, 0.3) is 0 Å². The van der Waals surface area contributed by atoms with Crippen LogP contribution in [0.1, 0.15) is 18.3 Å². The largest absolute Gasteiger partial charge is 0.374 e. The average molecular weight is 275 g/mol.